The molecule has 7 aromatic rings. The average Bonchev–Trinajstić information content (AvgIpc) is 3.43. The van der Waals surface area contributed by atoms with Gasteiger partial charge in [0.1, 0.15) is 11.7 Å². The molecule has 44 heavy (non-hydrogen) atoms. The summed E-state index contributed by atoms with van der Waals surface area (Å²) < 4.78 is 2.14. The van der Waals surface area contributed by atoms with Gasteiger partial charge in [-0.2, -0.15) is 0 Å². The molecule has 0 spiro atoms. The first-order valence-electron chi connectivity index (χ1n) is 14.7. The lowest BCUT2D eigenvalue weighted by atomic mass is 9.92. The number of hydrogen-bond donors (Lipinski definition) is 1. The minimum atomic E-state index is 0.425. The molecule has 0 bridgehead atoms. The van der Waals surface area contributed by atoms with Crippen LogP contribution in [-0.4, -0.2) is 21.2 Å². The van der Waals surface area contributed by atoms with Crippen LogP contribution in [0.25, 0.3) is 44.3 Å². The first-order valence-corrected chi connectivity index (χ1v) is 14.7. The molecular formula is C39H31N5. The quantitative estimate of drug-likeness (QED) is 0.161. The second-order valence-corrected chi connectivity index (χ2v) is 10.8. The largest absolute Gasteiger partial charge is 0.383 e. The molecule has 0 aliphatic heterocycles. The van der Waals surface area contributed by atoms with Crippen molar-refractivity contribution < 1.29 is 0 Å². The van der Waals surface area contributed by atoms with Crippen molar-refractivity contribution in [3.05, 3.63) is 162 Å². The Morgan fingerprint density at radius 3 is 2.11 bits per heavy atom. The summed E-state index contributed by atoms with van der Waals surface area (Å²) in [5.41, 5.74) is 14.8. The minimum absolute atomic E-state index is 0.425. The topological polar surface area (TPSA) is 68.6 Å². The fourth-order valence-corrected chi connectivity index (χ4v) is 5.66. The van der Waals surface area contributed by atoms with Crippen LogP contribution in [0.5, 0.6) is 0 Å². The van der Waals surface area contributed by atoms with Gasteiger partial charge in [0.15, 0.2) is 5.84 Å². The summed E-state index contributed by atoms with van der Waals surface area (Å²) in [5, 5.41) is 2.18. The fraction of sp³-hybridized carbons (Fsp3) is 0.0513. The average molecular weight is 570 g/mol. The van der Waals surface area contributed by atoms with Crippen molar-refractivity contribution in [1.82, 2.24) is 9.55 Å². The number of nitrogens with zero attached hydrogens (tertiary/aromatic N) is 4. The van der Waals surface area contributed by atoms with E-state index in [1.807, 2.05) is 66.7 Å². The molecule has 0 aliphatic rings. The lowest BCUT2D eigenvalue weighted by Gasteiger charge is -2.15. The Bertz CT molecular complexity index is 2140. The van der Waals surface area contributed by atoms with Crippen molar-refractivity contribution in [3.63, 3.8) is 0 Å². The first kappa shape index (κ1) is 27.0. The molecule has 0 amide bonds. The third kappa shape index (κ3) is 5.27. The maximum atomic E-state index is 6.63. The van der Waals surface area contributed by atoms with Gasteiger partial charge in [0.25, 0.3) is 0 Å². The van der Waals surface area contributed by atoms with E-state index in [1.54, 1.807) is 0 Å². The van der Waals surface area contributed by atoms with Crippen LogP contribution in [-0.2, 0) is 13.6 Å². The molecule has 1 heterocycles. The zero-order valence-electron chi connectivity index (χ0n) is 24.4. The molecule has 0 radical (unpaired) electrons. The molecule has 5 heteroatoms. The van der Waals surface area contributed by atoms with Crippen LogP contribution in [0.4, 0.5) is 0 Å². The number of aromatic nitrogens is 2. The Hall–Kier alpha value is -5.81. The number of hydrogen-bond acceptors (Lipinski definition) is 2. The van der Waals surface area contributed by atoms with E-state index in [-0.39, 0.29) is 0 Å². The van der Waals surface area contributed by atoms with Crippen molar-refractivity contribution in [1.29, 1.82) is 0 Å². The molecule has 1 aromatic heterocycles. The number of rotatable bonds is 6. The Labute approximate surface area is 256 Å². The monoisotopic (exact) mass is 569 g/mol. The van der Waals surface area contributed by atoms with Crippen molar-refractivity contribution in [3.8, 4) is 22.5 Å². The highest BCUT2D eigenvalue weighted by Crippen LogP contribution is 2.33. The van der Waals surface area contributed by atoms with Crippen LogP contribution in [0, 0.1) is 0 Å². The summed E-state index contributed by atoms with van der Waals surface area (Å²) in [7, 11) is 2.06. The Morgan fingerprint density at radius 2 is 1.34 bits per heavy atom. The molecule has 6 aromatic carbocycles. The van der Waals surface area contributed by atoms with E-state index in [2.05, 4.69) is 90.5 Å². The van der Waals surface area contributed by atoms with Gasteiger partial charge in [-0.3, -0.25) is 4.99 Å². The molecule has 0 fully saturated rings. The predicted octanol–water partition coefficient (Wildman–Crippen LogP) is 8.41. The third-order valence-electron chi connectivity index (χ3n) is 7.94. The van der Waals surface area contributed by atoms with E-state index in [4.69, 9.17) is 20.7 Å². The Balaban J connectivity index is 1.38. The molecule has 5 nitrogen and oxygen atoms in total. The van der Waals surface area contributed by atoms with Crippen LogP contribution in [0.2, 0.25) is 0 Å². The van der Waals surface area contributed by atoms with E-state index in [1.165, 1.54) is 0 Å². The molecule has 0 saturated carbocycles. The molecule has 0 saturated heterocycles. The number of aliphatic imine (C=N–C) groups is 2. The van der Waals surface area contributed by atoms with Gasteiger partial charge in [0.2, 0.25) is 0 Å². The van der Waals surface area contributed by atoms with Gasteiger partial charge < -0.3 is 10.3 Å². The highest BCUT2D eigenvalue weighted by Gasteiger charge is 2.17. The molecule has 0 atom stereocenters. The van der Waals surface area contributed by atoms with Crippen LogP contribution in [0.15, 0.2) is 156 Å². The summed E-state index contributed by atoms with van der Waals surface area (Å²) in [6.45, 7) is 0.482. The van der Waals surface area contributed by atoms with E-state index in [0.717, 1.165) is 61.0 Å². The van der Waals surface area contributed by atoms with E-state index >= 15 is 0 Å². The summed E-state index contributed by atoms with van der Waals surface area (Å²) >= 11 is 0. The molecule has 0 unspecified atom stereocenters. The normalized spacial score (nSPS) is 12.2. The van der Waals surface area contributed by atoms with Crippen LogP contribution in [0.3, 0.4) is 0 Å². The number of imidazole rings is 1. The van der Waals surface area contributed by atoms with Gasteiger partial charge in [0.05, 0.1) is 17.6 Å². The van der Waals surface area contributed by atoms with Crippen LogP contribution < -0.4 is 5.73 Å². The molecule has 0 aliphatic carbocycles. The van der Waals surface area contributed by atoms with Gasteiger partial charge in [-0.05, 0) is 39.6 Å². The third-order valence-corrected chi connectivity index (χ3v) is 7.94. The SMILES string of the molecule is Cn1c(-c2ccc(-c3ccc4ccccc4c3C(/N=C(\N)c3ccccc3)=N/Cc3ccccc3)cc2)nc2ccccc21. The van der Waals surface area contributed by atoms with E-state index < -0.39 is 0 Å². The smallest absolute Gasteiger partial charge is 0.158 e. The van der Waals surface area contributed by atoms with Gasteiger partial charge in [-0.25, -0.2) is 9.98 Å². The number of fused-ring (bicyclic) bond motifs is 2. The van der Waals surface area contributed by atoms with Crippen molar-refractivity contribution in [2.45, 2.75) is 6.54 Å². The van der Waals surface area contributed by atoms with Crippen LogP contribution >= 0.6 is 0 Å². The zero-order chi connectivity index (χ0) is 29.9. The van der Waals surface area contributed by atoms with E-state index in [0.29, 0.717) is 18.2 Å². The Morgan fingerprint density at radius 1 is 0.682 bits per heavy atom. The van der Waals surface area contributed by atoms with Crippen LogP contribution in [0.1, 0.15) is 16.7 Å². The van der Waals surface area contributed by atoms with Crippen molar-refractivity contribution in [2.75, 3.05) is 0 Å². The number of amidine groups is 2. The fourth-order valence-electron chi connectivity index (χ4n) is 5.66. The predicted molar refractivity (Wildman–Crippen MR) is 183 cm³/mol. The first-order chi connectivity index (χ1) is 21.7. The lowest BCUT2D eigenvalue weighted by Crippen LogP contribution is -2.17. The summed E-state index contributed by atoms with van der Waals surface area (Å²) in [6, 6.07) is 49.6. The zero-order valence-corrected chi connectivity index (χ0v) is 24.4. The summed E-state index contributed by atoms with van der Waals surface area (Å²) in [5.74, 6) is 1.96. The number of aryl methyl sites for hydroxylation is 1. The van der Waals surface area contributed by atoms with Gasteiger partial charge in [0, 0.05) is 23.7 Å². The summed E-state index contributed by atoms with van der Waals surface area (Å²) in [4.78, 5) is 15.0. The number of nitrogens with two attached hydrogens (primary N) is 1. The van der Waals surface area contributed by atoms with Crippen molar-refractivity contribution in [2.24, 2.45) is 22.8 Å². The maximum absolute atomic E-state index is 6.63. The number of para-hydroxylation sites is 2. The minimum Gasteiger partial charge on any atom is -0.383 e. The highest BCUT2D eigenvalue weighted by atomic mass is 15.1. The summed E-state index contributed by atoms with van der Waals surface area (Å²) in [6.07, 6.45) is 0. The maximum Gasteiger partial charge on any atom is 0.158 e. The number of benzene rings is 6. The van der Waals surface area contributed by atoms with Gasteiger partial charge >= 0.3 is 0 Å². The van der Waals surface area contributed by atoms with Gasteiger partial charge in [-0.15, -0.1) is 0 Å². The molecule has 2 N–H and O–H groups in total. The highest BCUT2D eigenvalue weighted by molar-refractivity contribution is 6.19. The standard InChI is InChI=1S/C39H31N5/c1-44-35-19-11-10-18-34(35)42-39(44)31-22-20-29(21-23-31)33-25-24-28-14-8-9-17-32(28)36(33)38(41-26-27-12-4-2-5-13-27)43-37(40)30-15-6-3-7-16-30/h2-25H,26H2,1H3,(H2,40,41,43). The molecular weight excluding hydrogens is 538 g/mol. The Kier molecular flexibility index (Phi) is 7.27. The molecule has 7 rings (SSSR count). The second-order valence-electron chi connectivity index (χ2n) is 10.8. The van der Waals surface area contributed by atoms with Crippen molar-refractivity contribution >= 4 is 33.5 Å². The second kappa shape index (κ2) is 11.8. The lowest BCUT2D eigenvalue weighted by molar-refractivity contribution is 0.959. The molecule has 212 valence electrons. The van der Waals surface area contributed by atoms with E-state index in [9.17, 15) is 0 Å². The van der Waals surface area contributed by atoms with Gasteiger partial charge in [-0.1, -0.05) is 133 Å².